The number of rotatable bonds is 6. The molecule has 0 aliphatic carbocycles. The molecule has 1 atom stereocenters. The molecular formula is C14H18N2O3. The van der Waals surface area contributed by atoms with Crippen LogP contribution in [0.15, 0.2) is 41.2 Å². The van der Waals surface area contributed by atoms with Crippen molar-refractivity contribution in [2.75, 3.05) is 24.2 Å². The van der Waals surface area contributed by atoms with Crippen molar-refractivity contribution in [2.24, 2.45) is 0 Å². The lowest BCUT2D eigenvalue weighted by atomic mass is 10.1. The summed E-state index contributed by atoms with van der Waals surface area (Å²) in [6.45, 7) is 0.361. The summed E-state index contributed by atoms with van der Waals surface area (Å²) in [5.74, 6) is 0. The van der Waals surface area contributed by atoms with Gasteiger partial charge in [-0.3, -0.25) is 0 Å². The first-order valence-corrected chi connectivity index (χ1v) is 6.15. The van der Waals surface area contributed by atoms with Crippen LogP contribution in [0.2, 0.25) is 0 Å². The fourth-order valence-electron chi connectivity index (χ4n) is 1.81. The molecule has 1 unspecified atom stereocenters. The molecule has 5 heteroatoms. The van der Waals surface area contributed by atoms with Crippen molar-refractivity contribution in [3.8, 4) is 11.1 Å². The van der Waals surface area contributed by atoms with Gasteiger partial charge in [0.2, 0.25) is 0 Å². The molecule has 1 heterocycles. The minimum atomic E-state index is -0.686. The number of anilines is 2. The average Bonchev–Trinajstić information content (AvgIpc) is 2.94. The normalized spacial score (nSPS) is 12.3. The highest BCUT2D eigenvalue weighted by Gasteiger charge is 2.06. The van der Waals surface area contributed by atoms with E-state index < -0.39 is 6.10 Å². The summed E-state index contributed by atoms with van der Waals surface area (Å²) in [7, 11) is 0. The highest BCUT2D eigenvalue weighted by Crippen LogP contribution is 2.29. The maximum absolute atomic E-state index is 9.26. The topological polar surface area (TPSA) is 91.7 Å². The Morgan fingerprint density at radius 1 is 1.32 bits per heavy atom. The molecule has 1 aromatic carbocycles. The lowest BCUT2D eigenvalue weighted by Crippen LogP contribution is -2.16. The zero-order chi connectivity index (χ0) is 13.7. The third kappa shape index (κ3) is 3.49. The van der Waals surface area contributed by atoms with Gasteiger partial charge in [-0.1, -0.05) is 0 Å². The van der Waals surface area contributed by atoms with Gasteiger partial charge in [0.1, 0.15) is 0 Å². The number of hydrogen-bond acceptors (Lipinski definition) is 5. The van der Waals surface area contributed by atoms with Crippen molar-refractivity contribution >= 4 is 11.4 Å². The van der Waals surface area contributed by atoms with E-state index >= 15 is 0 Å². The predicted molar refractivity (Wildman–Crippen MR) is 74.8 cm³/mol. The van der Waals surface area contributed by atoms with Crippen LogP contribution in [0.4, 0.5) is 11.4 Å². The Balaban J connectivity index is 2.05. The molecule has 2 aromatic rings. The van der Waals surface area contributed by atoms with E-state index in [0.717, 1.165) is 16.8 Å². The lowest BCUT2D eigenvalue weighted by molar-refractivity contribution is 0.0911. The number of furan rings is 1. The van der Waals surface area contributed by atoms with Crippen LogP contribution in [-0.2, 0) is 0 Å². The van der Waals surface area contributed by atoms with Crippen molar-refractivity contribution in [3.05, 3.63) is 36.8 Å². The zero-order valence-corrected chi connectivity index (χ0v) is 10.5. The van der Waals surface area contributed by atoms with E-state index in [4.69, 9.17) is 15.3 Å². The number of aliphatic hydroxyl groups is 2. The quantitative estimate of drug-likeness (QED) is 0.595. The molecule has 19 heavy (non-hydrogen) atoms. The molecule has 0 saturated carbocycles. The molecule has 0 saturated heterocycles. The number of nitrogens with one attached hydrogen (secondary N) is 1. The third-order valence-electron chi connectivity index (χ3n) is 2.90. The lowest BCUT2D eigenvalue weighted by Gasteiger charge is -2.11. The monoisotopic (exact) mass is 262 g/mol. The first-order chi connectivity index (χ1) is 9.20. The second-order valence-electron chi connectivity index (χ2n) is 4.37. The largest absolute Gasteiger partial charge is 0.472 e. The van der Waals surface area contributed by atoms with Crippen LogP contribution in [0.3, 0.4) is 0 Å². The smallest absolute Gasteiger partial charge is 0.0981 e. The number of hydrogen-bond donors (Lipinski definition) is 4. The van der Waals surface area contributed by atoms with Crippen LogP contribution in [0, 0.1) is 0 Å². The van der Waals surface area contributed by atoms with E-state index in [0.29, 0.717) is 18.7 Å². The third-order valence-corrected chi connectivity index (χ3v) is 2.90. The molecule has 0 bridgehead atoms. The highest BCUT2D eigenvalue weighted by molar-refractivity contribution is 5.79. The zero-order valence-electron chi connectivity index (χ0n) is 10.5. The summed E-state index contributed by atoms with van der Waals surface area (Å²) in [4.78, 5) is 0. The van der Waals surface area contributed by atoms with Crippen LogP contribution in [0.25, 0.3) is 11.1 Å². The van der Waals surface area contributed by atoms with Gasteiger partial charge in [-0.2, -0.15) is 0 Å². The van der Waals surface area contributed by atoms with Crippen LogP contribution < -0.4 is 11.1 Å². The Labute approximate surface area is 111 Å². The molecule has 0 fully saturated rings. The Morgan fingerprint density at radius 3 is 2.84 bits per heavy atom. The second-order valence-corrected chi connectivity index (χ2v) is 4.37. The first kappa shape index (κ1) is 13.5. The molecule has 0 aliphatic heterocycles. The van der Waals surface area contributed by atoms with Crippen molar-refractivity contribution in [1.82, 2.24) is 0 Å². The summed E-state index contributed by atoms with van der Waals surface area (Å²) in [6.07, 6.45) is 3.05. The standard InChI is InChI=1S/C14H18N2O3/c15-14-2-1-11(16-5-3-12(18)8-17)7-13(14)10-4-6-19-9-10/h1-2,4,6-7,9,12,16-18H,3,5,8,15H2. The molecule has 5 nitrogen and oxygen atoms in total. The average molecular weight is 262 g/mol. The molecule has 0 aliphatic rings. The maximum atomic E-state index is 9.26. The van der Waals surface area contributed by atoms with Crippen molar-refractivity contribution in [3.63, 3.8) is 0 Å². The Morgan fingerprint density at radius 2 is 2.16 bits per heavy atom. The van der Waals surface area contributed by atoms with Gasteiger partial charge < -0.3 is 25.7 Å². The summed E-state index contributed by atoms with van der Waals surface area (Å²) >= 11 is 0. The van der Waals surface area contributed by atoms with Crippen LogP contribution >= 0.6 is 0 Å². The maximum Gasteiger partial charge on any atom is 0.0981 e. The molecule has 0 spiro atoms. The number of nitrogens with two attached hydrogens (primary N) is 1. The van der Waals surface area contributed by atoms with E-state index in [-0.39, 0.29) is 6.61 Å². The second kappa shape index (κ2) is 6.26. The highest BCUT2D eigenvalue weighted by atomic mass is 16.3. The van der Waals surface area contributed by atoms with E-state index in [1.807, 2.05) is 24.3 Å². The van der Waals surface area contributed by atoms with Gasteiger partial charge in [0.25, 0.3) is 0 Å². The number of benzene rings is 1. The molecule has 0 amide bonds. The Bertz CT molecular complexity index is 511. The summed E-state index contributed by atoms with van der Waals surface area (Å²) < 4.78 is 5.05. The van der Waals surface area contributed by atoms with E-state index in [9.17, 15) is 5.11 Å². The number of nitrogen functional groups attached to an aromatic ring is 1. The van der Waals surface area contributed by atoms with E-state index in [2.05, 4.69) is 5.32 Å². The fourth-order valence-corrected chi connectivity index (χ4v) is 1.81. The summed E-state index contributed by atoms with van der Waals surface area (Å²) in [5, 5.41) is 21.2. The van der Waals surface area contributed by atoms with Gasteiger partial charge in [0.15, 0.2) is 0 Å². The van der Waals surface area contributed by atoms with Gasteiger partial charge in [-0.25, -0.2) is 0 Å². The molecule has 0 radical (unpaired) electrons. The SMILES string of the molecule is Nc1ccc(NCCC(O)CO)cc1-c1ccoc1. The van der Waals surface area contributed by atoms with Crippen LogP contribution in [-0.4, -0.2) is 29.5 Å². The molecule has 2 rings (SSSR count). The van der Waals surface area contributed by atoms with Gasteiger partial charge in [0, 0.05) is 29.0 Å². The number of aliphatic hydroxyl groups excluding tert-OH is 2. The molecule has 1 aromatic heterocycles. The van der Waals surface area contributed by atoms with Crippen molar-refractivity contribution in [1.29, 1.82) is 0 Å². The molecule has 5 N–H and O–H groups in total. The Hall–Kier alpha value is -1.98. The van der Waals surface area contributed by atoms with Gasteiger partial charge in [-0.15, -0.1) is 0 Å². The van der Waals surface area contributed by atoms with E-state index in [1.165, 1.54) is 0 Å². The first-order valence-electron chi connectivity index (χ1n) is 6.15. The summed E-state index contributed by atoms with van der Waals surface area (Å²) in [6, 6.07) is 7.49. The van der Waals surface area contributed by atoms with Gasteiger partial charge in [0.05, 0.1) is 25.2 Å². The van der Waals surface area contributed by atoms with Crippen LogP contribution in [0.1, 0.15) is 6.42 Å². The predicted octanol–water partition coefficient (Wildman–Crippen LogP) is 1.68. The van der Waals surface area contributed by atoms with Crippen LogP contribution in [0.5, 0.6) is 0 Å². The summed E-state index contributed by atoms with van der Waals surface area (Å²) in [5.41, 5.74) is 9.36. The minimum Gasteiger partial charge on any atom is -0.472 e. The fraction of sp³-hybridized carbons (Fsp3) is 0.286. The molecular weight excluding hydrogens is 244 g/mol. The Kier molecular flexibility index (Phi) is 4.43. The van der Waals surface area contributed by atoms with E-state index in [1.54, 1.807) is 12.5 Å². The van der Waals surface area contributed by atoms with Crippen molar-refractivity contribution < 1.29 is 14.6 Å². The van der Waals surface area contributed by atoms with Crippen molar-refractivity contribution in [2.45, 2.75) is 12.5 Å². The molecule has 102 valence electrons. The van der Waals surface area contributed by atoms with Gasteiger partial charge in [-0.05, 0) is 30.7 Å². The van der Waals surface area contributed by atoms with Gasteiger partial charge >= 0.3 is 0 Å². The minimum absolute atomic E-state index is 0.219.